The number of carbonyl (C=O) groups is 2. The van der Waals surface area contributed by atoms with Crippen molar-refractivity contribution >= 4 is 74.2 Å². The Kier molecular flexibility index (Phi) is 5.61. The Morgan fingerprint density at radius 2 is 2.07 bits per heavy atom. The molecule has 0 unspecified atom stereocenters. The van der Waals surface area contributed by atoms with E-state index in [1.807, 2.05) is 23.6 Å². The molecule has 1 fully saturated rings. The van der Waals surface area contributed by atoms with Crippen LogP contribution in [0, 0.1) is 0 Å². The van der Waals surface area contributed by atoms with Crippen LogP contribution in [0.2, 0.25) is 0 Å². The Bertz CT molecular complexity index is 1200. The second-order valence-corrected chi connectivity index (χ2v) is 8.81. The van der Waals surface area contributed by atoms with Crippen molar-refractivity contribution in [2.24, 2.45) is 0 Å². The van der Waals surface area contributed by atoms with Crippen LogP contribution in [0.1, 0.15) is 11.3 Å². The summed E-state index contributed by atoms with van der Waals surface area (Å²) in [6, 6.07) is 11.8. The van der Waals surface area contributed by atoms with Crippen LogP contribution in [0.25, 0.3) is 17.0 Å². The van der Waals surface area contributed by atoms with Crippen molar-refractivity contribution in [1.82, 2.24) is 4.90 Å². The summed E-state index contributed by atoms with van der Waals surface area (Å²) in [4.78, 5) is 39.1. The van der Waals surface area contributed by atoms with E-state index in [0.717, 1.165) is 4.88 Å². The third-order valence-corrected chi connectivity index (χ3v) is 6.35. The standard InChI is InChI=1S/C20H14N2O4S3/c23-17(21-13-4-5-15-12(10-13)3-6-18(24)26-15)7-8-22-19(25)16(29-20(22)27)11-14-2-1-9-28-14/h1-6,9-11H,7-8H2,(H,21,23). The van der Waals surface area contributed by atoms with Gasteiger partial charge in [-0.1, -0.05) is 30.0 Å². The number of amides is 2. The average Bonchev–Trinajstić information content (AvgIpc) is 3.29. The zero-order valence-corrected chi connectivity index (χ0v) is 17.4. The first-order valence-corrected chi connectivity index (χ1v) is 10.7. The summed E-state index contributed by atoms with van der Waals surface area (Å²) in [5, 5.41) is 5.44. The summed E-state index contributed by atoms with van der Waals surface area (Å²) in [6.45, 7) is 0.209. The van der Waals surface area contributed by atoms with Gasteiger partial charge in [-0.3, -0.25) is 14.5 Å². The number of carbonyl (C=O) groups excluding carboxylic acids is 2. The highest BCUT2D eigenvalue weighted by molar-refractivity contribution is 8.26. The van der Waals surface area contributed by atoms with Crippen molar-refractivity contribution in [2.45, 2.75) is 6.42 Å². The Morgan fingerprint density at radius 3 is 2.86 bits per heavy atom. The number of hydrogen-bond donors (Lipinski definition) is 1. The molecule has 0 atom stereocenters. The van der Waals surface area contributed by atoms with Gasteiger partial charge in [0.15, 0.2) is 0 Å². The van der Waals surface area contributed by atoms with Crippen LogP contribution >= 0.6 is 35.3 Å². The van der Waals surface area contributed by atoms with Crippen molar-refractivity contribution in [3.05, 3.63) is 68.0 Å². The number of benzene rings is 1. The van der Waals surface area contributed by atoms with Gasteiger partial charge in [0, 0.05) is 35.0 Å². The topological polar surface area (TPSA) is 79.6 Å². The second-order valence-electron chi connectivity index (χ2n) is 6.15. The lowest BCUT2D eigenvalue weighted by Crippen LogP contribution is -2.31. The van der Waals surface area contributed by atoms with Gasteiger partial charge in [-0.15, -0.1) is 11.3 Å². The molecule has 6 nitrogen and oxygen atoms in total. The van der Waals surface area contributed by atoms with Crippen molar-refractivity contribution in [3.8, 4) is 0 Å². The molecule has 0 spiro atoms. The molecule has 0 radical (unpaired) electrons. The van der Waals surface area contributed by atoms with Crippen LogP contribution in [-0.2, 0) is 9.59 Å². The SMILES string of the molecule is O=C(CCN1C(=O)C(=Cc2cccs2)SC1=S)Nc1ccc2oc(=O)ccc2c1. The first-order valence-electron chi connectivity index (χ1n) is 8.62. The molecule has 29 heavy (non-hydrogen) atoms. The zero-order chi connectivity index (χ0) is 20.4. The lowest BCUT2D eigenvalue weighted by atomic mass is 10.2. The Balaban J connectivity index is 1.38. The Morgan fingerprint density at radius 1 is 1.21 bits per heavy atom. The molecular formula is C20H14N2O4S3. The maximum atomic E-state index is 12.6. The van der Waals surface area contributed by atoms with E-state index in [9.17, 15) is 14.4 Å². The first-order chi connectivity index (χ1) is 14.0. The van der Waals surface area contributed by atoms with Crippen LogP contribution in [0.3, 0.4) is 0 Å². The lowest BCUT2D eigenvalue weighted by Gasteiger charge is -2.14. The van der Waals surface area contributed by atoms with Crippen LogP contribution < -0.4 is 10.9 Å². The fourth-order valence-electron chi connectivity index (χ4n) is 2.78. The predicted octanol–water partition coefficient (Wildman–Crippen LogP) is 4.08. The van der Waals surface area contributed by atoms with E-state index < -0.39 is 5.63 Å². The van der Waals surface area contributed by atoms with Gasteiger partial charge in [0.1, 0.15) is 9.90 Å². The number of thiocarbonyl (C=S) groups is 1. The normalized spacial score (nSPS) is 15.4. The highest BCUT2D eigenvalue weighted by Crippen LogP contribution is 2.33. The number of nitrogens with one attached hydrogen (secondary N) is 1. The number of anilines is 1. The van der Waals surface area contributed by atoms with Crippen molar-refractivity contribution in [2.75, 3.05) is 11.9 Å². The molecule has 146 valence electrons. The maximum absolute atomic E-state index is 12.6. The van der Waals surface area contributed by atoms with Gasteiger partial charge in [0.05, 0.1) is 4.91 Å². The number of nitrogens with zero attached hydrogens (tertiary/aromatic N) is 1. The largest absolute Gasteiger partial charge is 0.423 e. The minimum absolute atomic E-state index is 0.112. The van der Waals surface area contributed by atoms with Crippen LogP contribution in [-0.4, -0.2) is 27.6 Å². The van der Waals surface area contributed by atoms with Gasteiger partial charge in [-0.25, -0.2) is 4.79 Å². The molecular weight excluding hydrogens is 428 g/mol. The van der Waals surface area contributed by atoms with Crippen molar-refractivity contribution < 1.29 is 14.0 Å². The highest BCUT2D eigenvalue weighted by Gasteiger charge is 2.32. The summed E-state index contributed by atoms with van der Waals surface area (Å²) in [5.41, 5.74) is 0.607. The molecule has 2 aromatic heterocycles. The summed E-state index contributed by atoms with van der Waals surface area (Å²) in [6.07, 6.45) is 1.93. The monoisotopic (exact) mass is 442 g/mol. The molecule has 3 heterocycles. The van der Waals surface area contributed by atoms with Crippen LogP contribution in [0.4, 0.5) is 5.69 Å². The van der Waals surface area contributed by atoms with E-state index in [-0.39, 0.29) is 24.8 Å². The maximum Gasteiger partial charge on any atom is 0.336 e. The van der Waals surface area contributed by atoms with Crippen LogP contribution in [0.15, 0.2) is 62.0 Å². The van der Waals surface area contributed by atoms with Crippen LogP contribution in [0.5, 0.6) is 0 Å². The molecule has 1 aliphatic rings. The molecule has 2 amide bonds. The van der Waals surface area contributed by atoms with E-state index in [2.05, 4.69) is 5.32 Å². The second kappa shape index (κ2) is 8.32. The number of thioether (sulfide) groups is 1. The number of fused-ring (bicyclic) bond motifs is 1. The minimum atomic E-state index is -0.425. The summed E-state index contributed by atoms with van der Waals surface area (Å²) in [5.74, 6) is -0.417. The molecule has 1 saturated heterocycles. The average molecular weight is 443 g/mol. The number of rotatable bonds is 5. The Hall–Kier alpha value is -2.75. The molecule has 1 aliphatic heterocycles. The van der Waals surface area contributed by atoms with Gasteiger partial charge in [0.25, 0.3) is 5.91 Å². The highest BCUT2D eigenvalue weighted by atomic mass is 32.2. The summed E-state index contributed by atoms with van der Waals surface area (Å²) in [7, 11) is 0. The number of hydrogen-bond acceptors (Lipinski definition) is 7. The fourth-order valence-corrected chi connectivity index (χ4v) is 4.81. The Labute approximate surface area is 179 Å². The number of thiophene rings is 1. The van der Waals surface area contributed by atoms with Crippen molar-refractivity contribution in [3.63, 3.8) is 0 Å². The van der Waals surface area contributed by atoms with E-state index in [1.165, 1.54) is 22.7 Å². The lowest BCUT2D eigenvalue weighted by molar-refractivity contribution is -0.122. The van der Waals surface area contributed by atoms with E-state index in [0.29, 0.717) is 25.9 Å². The fraction of sp³-hybridized carbons (Fsp3) is 0.100. The third-order valence-electron chi connectivity index (χ3n) is 4.16. The third kappa shape index (κ3) is 4.47. The molecule has 0 bridgehead atoms. The van der Waals surface area contributed by atoms with Gasteiger partial charge >= 0.3 is 5.63 Å². The first kappa shape index (κ1) is 19.6. The predicted molar refractivity (Wildman–Crippen MR) is 120 cm³/mol. The molecule has 4 rings (SSSR count). The molecule has 0 aliphatic carbocycles. The molecule has 1 N–H and O–H groups in total. The van der Waals surface area contributed by atoms with Gasteiger partial charge in [-0.2, -0.15) is 0 Å². The smallest absolute Gasteiger partial charge is 0.336 e. The van der Waals surface area contributed by atoms with Gasteiger partial charge in [0.2, 0.25) is 5.91 Å². The van der Waals surface area contributed by atoms with E-state index >= 15 is 0 Å². The van der Waals surface area contributed by atoms with Crippen molar-refractivity contribution in [1.29, 1.82) is 0 Å². The van der Waals surface area contributed by atoms with Gasteiger partial charge < -0.3 is 9.73 Å². The van der Waals surface area contributed by atoms with Gasteiger partial charge in [-0.05, 0) is 41.8 Å². The summed E-state index contributed by atoms with van der Waals surface area (Å²) < 4.78 is 5.52. The van der Waals surface area contributed by atoms with E-state index in [1.54, 1.807) is 35.6 Å². The zero-order valence-electron chi connectivity index (χ0n) is 14.9. The quantitative estimate of drug-likeness (QED) is 0.364. The molecule has 3 aromatic rings. The molecule has 1 aromatic carbocycles. The summed E-state index contributed by atoms with van der Waals surface area (Å²) >= 11 is 8.09. The molecule has 9 heteroatoms. The van der Waals surface area contributed by atoms with E-state index in [4.69, 9.17) is 16.6 Å². The minimum Gasteiger partial charge on any atom is -0.423 e. The molecule has 0 saturated carbocycles.